The minimum Gasteiger partial charge on any atom is -0.289 e. The van der Waals surface area contributed by atoms with Crippen LogP contribution < -0.4 is 4.90 Å². The Morgan fingerprint density at radius 2 is 1.88 bits per heavy atom. The van der Waals surface area contributed by atoms with E-state index in [1.807, 2.05) is 20.8 Å². The van der Waals surface area contributed by atoms with Crippen molar-refractivity contribution in [3.8, 4) is 0 Å². The standard InChI is InChI=1S/C14H13F3N4O.C2H6/c1-8-5-19-21-9(2)7-20(13(22)12(8)21)11-4-3-10(6-18-11)14(15,16)17;1-2/h3-6,9H,7H2,1-2H3;1-2H3. The fourth-order valence-corrected chi connectivity index (χ4v) is 2.51. The van der Waals surface area contributed by atoms with Crippen LogP contribution in [0.2, 0.25) is 0 Å². The van der Waals surface area contributed by atoms with Crippen LogP contribution in [0, 0.1) is 6.92 Å². The number of alkyl halides is 3. The first kappa shape index (κ1) is 18.0. The Labute approximate surface area is 138 Å². The van der Waals surface area contributed by atoms with Gasteiger partial charge in [-0.25, -0.2) is 4.98 Å². The van der Waals surface area contributed by atoms with Crippen LogP contribution in [0.5, 0.6) is 0 Å². The maximum absolute atomic E-state index is 12.6. The van der Waals surface area contributed by atoms with Crippen LogP contribution in [0.1, 0.15) is 48.4 Å². The molecule has 3 rings (SSSR count). The van der Waals surface area contributed by atoms with Gasteiger partial charge in [0.05, 0.1) is 17.8 Å². The summed E-state index contributed by atoms with van der Waals surface area (Å²) in [6.07, 6.45) is -2.10. The lowest BCUT2D eigenvalue weighted by molar-refractivity contribution is -0.137. The van der Waals surface area contributed by atoms with Crippen molar-refractivity contribution in [2.24, 2.45) is 0 Å². The van der Waals surface area contributed by atoms with E-state index in [1.165, 1.54) is 11.0 Å². The third-order valence-corrected chi connectivity index (χ3v) is 3.64. The minimum absolute atomic E-state index is 0.0782. The largest absolute Gasteiger partial charge is 0.417 e. The summed E-state index contributed by atoms with van der Waals surface area (Å²) in [7, 11) is 0. The number of aromatic nitrogens is 3. The number of hydrogen-bond acceptors (Lipinski definition) is 3. The lowest BCUT2D eigenvalue weighted by atomic mass is 10.1. The molecular formula is C16H19F3N4O. The molecule has 24 heavy (non-hydrogen) atoms. The molecule has 130 valence electrons. The summed E-state index contributed by atoms with van der Waals surface area (Å²) < 4.78 is 39.4. The first-order valence-electron chi connectivity index (χ1n) is 7.68. The maximum atomic E-state index is 12.6. The Hall–Kier alpha value is -2.38. The third-order valence-electron chi connectivity index (χ3n) is 3.64. The highest BCUT2D eigenvalue weighted by molar-refractivity contribution is 6.06. The average molecular weight is 340 g/mol. The van der Waals surface area contributed by atoms with Crippen LogP contribution in [0.25, 0.3) is 0 Å². The van der Waals surface area contributed by atoms with Crippen molar-refractivity contribution < 1.29 is 18.0 Å². The summed E-state index contributed by atoms with van der Waals surface area (Å²) in [6, 6.07) is 2.07. The van der Waals surface area contributed by atoms with Crippen molar-refractivity contribution in [2.75, 3.05) is 11.4 Å². The minimum atomic E-state index is -4.44. The van der Waals surface area contributed by atoms with Crippen molar-refractivity contribution in [2.45, 2.75) is 39.9 Å². The molecule has 1 aliphatic rings. The monoisotopic (exact) mass is 340 g/mol. The normalized spacial score (nSPS) is 17.2. The molecule has 8 heteroatoms. The van der Waals surface area contributed by atoms with Crippen LogP contribution in [-0.2, 0) is 6.18 Å². The second kappa shape index (κ2) is 6.62. The van der Waals surface area contributed by atoms with Gasteiger partial charge in [-0.05, 0) is 26.0 Å². The number of halogens is 3. The Morgan fingerprint density at radius 1 is 1.21 bits per heavy atom. The van der Waals surface area contributed by atoms with E-state index in [-0.39, 0.29) is 17.8 Å². The number of nitrogens with zero attached hydrogens (tertiary/aromatic N) is 4. The molecule has 0 bridgehead atoms. The van der Waals surface area contributed by atoms with Crippen molar-refractivity contribution in [1.82, 2.24) is 14.8 Å². The van der Waals surface area contributed by atoms with Gasteiger partial charge in [0.25, 0.3) is 5.91 Å². The quantitative estimate of drug-likeness (QED) is 0.792. The summed E-state index contributed by atoms with van der Waals surface area (Å²) in [5.41, 5.74) is 0.337. The molecule has 0 aliphatic carbocycles. The number of pyridine rings is 1. The molecule has 2 aromatic heterocycles. The fourth-order valence-electron chi connectivity index (χ4n) is 2.51. The molecule has 1 aliphatic heterocycles. The molecule has 1 amide bonds. The molecule has 0 saturated carbocycles. The summed E-state index contributed by atoms with van der Waals surface area (Å²) in [5.74, 6) is -0.0999. The van der Waals surface area contributed by atoms with E-state index in [4.69, 9.17) is 0 Å². The summed E-state index contributed by atoms with van der Waals surface area (Å²) in [6.45, 7) is 7.97. The molecule has 3 heterocycles. The molecule has 2 aromatic rings. The van der Waals surface area contributed by atoms with E-state index in [2.05, 4.69) is 10.1 Å². The first-order valence-corrected chi connectivity index (χ1v) is 7.68. The van der Waals surface area contributed by atoms with Crippen LogP contribution in [0.4, 0.5) is 19.0 Å². The van der Waals surface area contributed by atoms with Gasteiger partial charge in [-0.2, -0.15) is 18.3 Å². The zero-order valence-corrected chi connectivity index (χ0v) is 13.9. The Kier molecular flexibility index (Phi) is 4.96. The molecule has 0 N–H and O–H groups in total. The zero-order chi connectivity index (χ0) is 18.1. The predicted molar refractivity (Wildman–Crippen MR) is 83.9 cm³/mol. The molecule has 0 saturated heterocycles. The van der Waals surface area contributed by atoms with Gasteiger partial charge in [-0.15, -0.1) is 0 Å². The number of amides is 1. The van der Waals surface area contributed by atoms with Gasteiger partial charge in [-0.1, -0.05) is 13.8 Å². The number of hydrogen-bond donors (Lipinski definition) is 0. The highest BCUT2D eigenvalue weighted by Gasteiger charge is 2.34. The van der Waals surface area contributed by atoms with Crippen molar-refractivity contribution in [3.05, 3.63) is 41.3 Å². The van der Waals surface area contributed by atoms with Gasteiger partial charge in [0.2, 0.25) is 0 Å². The van der Waals surface area contributed by atoms with Crippen molar-refractivity contribution in [1.29, 1.82) is 0 Å². The second-order valence-corrected chi connectivity index (χ2v) is 5.29. The molecular weight excluding hydrogens is 321 g/mol. The number of anilines is 1. The number of carbonyl (C=O) groups excluding carboxylic acids is 1. The smallest absolute Gasteiger partial charge is 0.289 e. The van der Waals surface area contributed by atoms with Crippen molar-refractivity contribution in [3.63, 3.8) is 0 Å². The molecule has 0 radical (unpaired) electrons. The van der Waals surface area contributed by atoms with Crippen LogP contribution in [0.3, 0.4) is 0 Å². The van der Waals surface area contributed by atoms with E-state index >= 15 is 0 Å². The summed E-state index contributed by atoms with van der Waals surface area (Å²) in [5, 5.41) is 4.16. The fraction of sp³-hybridized carbons (Fsp3) is 0.438. The number of carbonyl (C=O) groups is 1. The average Bonchev–Trinajstić information content (AvgIpc) is 2.95. The van der Waals surface area contributed by atoms with Crippen LogP contribution in [0.15, 0.2) is 24.5 Å². The lowest BCUT2D eigenvalue weighted by Crippen LogP contribution is -2.43. The van der Waals surface area contributed by atoms with Gasteiger partial charge >= 0.3 is 6.18 Å². The zero-order valence-electron chi connectivity index (χ0n) is 13.9. The van der Waals surface area contributed by atoms with E-state index < -0.39 is 11.7 Å². The van der Waals surface area contributed by atoms with Crippen LogP contribution in [-0.4, -0.2) is 27.2 Å². The van der Waals surface area contributed by atoms with Crippen LogP contribution >= 0.6 is 0 Å². The van der Waals surface area contributed by atoms with Gasteiger partial charge < -0.3 is 0 Å². The Morgan fingerprint density at radius 3 is 2.42 bits per heavy atom. The maximum Gasteiger partial charge on any atom is 0.417 e. The molecule has 0 fully saturated rings. The number of aryl methyl sites for hydroxylation is 1. The summed E-state index contributed by atoms with van der Waals surface area (Å²) in [4.78, 5) is 17.7. The molecule has 5 nitrogen and oxygen atoms in total. The van der Waals surface area contributed by atoms with Gasteiger partial charge in [0, 0.05) is 18.3 Å². The number of fused-ring (bicyclic) bond motifs is 1. The molecule has 1 atom stereocenters. The predicted octanol–water partition coefficient (Wildman–Crippen LogP) is 3.85. The SMILES string of the molecule is CC.Cc1cnn2c1C(=O)N(c1ccc(C(F)(F)F)cn1)CC2C. The van der Waals surface area contributed by atoms with Gasteiger partial charge in [0.15, 0.2) is 0 Å². The second-order valence-electron chi connectivity index (χ2n) is 5.29. The molecule has 1 unspecified atom stereocenters. The summed E-state index contributed by atoms with van der Waals surface area (Å²) >= 11 is 0. The first-order chi connectivity index (χ1) is 11.3. The van der Waals surface area contributed by atoms with Gasteiger partial charge in [0.1, 0.15) is 11.5 Å². The lowest BCUT2D eigenvalue weighted by Gasteiger charge is -2.31. The van der Waals surface area contributed by atoms with Gasteiger partial charge in [-0.3, -0.25) is 14.4 Å². The van der Waals surface area contributed by atoms with Crippen molar-refractivity contribution >= 4 is 11.7 Å². The highest BCUT2D eigenvalue weighted by Crippen LogP contribution is 2.31. The van der Waals surface area contributed by atoms with E-state index in [0.29, 0.717) is 12.2 Å². The third kappa shape index (κ3) is 3.13. The Bertz CT molecular complexity index is 722. The topological polar surface area (TPSA) is 51.0 Å². The van der Waals surface area contributed by atoms with E-state index in [9.17, 15) is 18.0 Å². The highest BCUT2D eigenvalue weighted by atomic mass is 19.4. The van der Waals surface area contributed by atoms with E-state index in [1.54, 1.807) is 17.8 Å². The molecule has 0 aromatic carbocycles. The van der Waals surface area contributed by atoms with E-state index in [0.717, 1.165) is 17.8 Å². The molecule has 0 spiro atoms. The Balaban J connectivity index is 0.00000100. The number of rotatable bonds is 1.